The second kappa shape index (κ2) is 6.92. The van der Waals surface area contributed by atoms with E-state index in [2.05, 4.69) is 26.0 Å². The summed E-state index contributed by atoms with van der Waals surface area (Å²) >= 11 is 4.76. The van der Waals surface area contributed by atoms with Gasteiger partial charge in [0, 0.05) is 16.0 Å². The third-order valence-corrected chi connectivity index (χ3v) is 6.30. The van der Waals surface area contributed by atoms with Crippen molar-refractivity contribution in [3.63, 3.8) is 0 Å². The van der Waals surface area contributed by atoms with Crippen LogP contribution in [0.1, 0.15) is 48.6 Å². The molecule has 6 nitrogen and oxygen atoms in total. The molecule has 26 heavy (non-hydrogen) atoms. The average molecular weight is 433 g/mol. The maximum Gasteiger partial charge on any atom is 0.283 e. The van der Waals surface area contributed by atoms with Crippen LogP contribution in [0, 0.1) is 0 Å². The average Bonchev–Trinajstić information content (AvgIpc) is 3.06. The van der Waals surface area contributed by atoms with Crippen molar-refractivity contribution in [2.75, 3.05) is 5.73 Å². The molecule has 2 heterocycles. The number of nitrogen functional groups attached to an aromatic ring is 1. The molecule has 0 aromatic carbocycles. The van der Waals surface area contributed by atoms with Crippen molar-refractivity contribution in [3.05, 3.63) is 49.2 Å². The minimum Gasteiger partial charge on any atom is -0.383 e. The zero-order valence-electron chi connectivity index (χ0n) is 13.9. The molecular formula is C18H17BrN4O2S. The number of aromatic nitrogens is 3. The van der Waals surface area contributed by atoms with Crippen molar-refractivity contribution in [1.82, 2.24) is 14.6 Å². The van der Waals surface area contributed by atoms with Crippen LogP contribution in [0.2, 0.25) is 0 Å². The van der Waals surface area contributed by atoms with Gasteiger partial charge in [-0.25, -0.2) is 0 Å². The predicted octanol–water partition coefficient (Wildman–Crippen LogP) is 3.58. The van der Waals surface area contributed by atoms with Gasteiger partial charge in [-0.3, -0.25) is 9.59 Å². The first-order valence-corrected chi connectivity index (χ1v) is 10.1. The number of carbonyl (C=O) groups is 1. The van der Waals surface area contributed by atoms with Gasteiger partial charge in [-0.05, 0) is 37.1 Å². The van der Waals surface area contributed by atoms with Gasteiger partial charge in [0.15, 0.2) is 5.78 Å². The number of nitrogens with two attached hydrogens (primary N) is 1. The third-order valence-electron chi connectivity index (χ3n) is 4.73. The Hall–Kier alpha value is -2.06. The van der Waals surface area contributed by atoms with Gasteiger partial charge in [0.05, 0.1) is 5.56 Å². The second-order valence-corrected chi connectivity index (χ2v) is 8.42. The van der Waals surface area contributed by atoms with Gasteiger partial charge in [0.25, 0.3) is 5.56 Å². The van der Waals surface area contributed by atoms with Crippen LogP contribution in [0.25, 0.3) is 11.0 Å². The number of anilines is 1. The summed E-state index contributed by atoms with van der Waals surface area (Å²) in [6.07, 6.45) is 12.2. The Labute approximate surface area is 162 Å². The van der Waals surface area contributed by atoms with Gasteiger partial charge in [-0.1, -0.05) is 46.5 Å². The Kier molecular flexibility index (Phi) is 4.62. The highest BCUT2D eigenvalue weighted by atomic mass is 79.9. The first kappa shape index (κ1) is 17.4. The zero-order chi connectivity index (χ0) is 18.3. The molecule has 0 saturated heterocycles. The van der Waals surface area contributed by atoms with Crippen molar-refractivity contribution in [2.45, 2.75) is 38.0 Å². The largest absolute Gasteiger partial charge is 0.383 e. The molecule has 2 N–H and O–H groups in total. The van der Waals surface area contributed by atoms with Crippen molar-refractivity contribution in [3.8, 4) is 0 Å². The summed E-state index contributed by atoms with van der Waals surface area (Å²) in [6.45, 7) is 0. The van der Waals surface area contributed by atoms with Crippen LogP contribution >= 0.6 is 27.3 Å². The first-order valence-electron chi connectivity index (χ1n) is 8.53. The van der Waals surface area contributed by atoms with Crippen LogP contribution in [0.3, 0.4) is 0 Å². The van der Waals surface area contributed by atoms with Crippen LogP contribution < -0.4 is 11.3 Å². The Morgan fingerprint density at radius 2 is 2.00 bits per heavy atom. The van der Waals surface area contributed by atoms with E-state index in [1.807, 2.05) is 0 Å². The third kappa shape index (κ3) is 3.19. The highest BCUT2D eigenvalue weighted by Crippen LogP contribution is 2.35. The summed E-state index contributed by atoms with van der Waals surface area (Å²) in [5.41, 5.74) is 6.35. The van der Waals surface area contributed by atoms with E-state index in [0.717, 1.165) is 22.3 Å². The SMILES string of the molecule is Nc1c(C=C2C=C(Br)C=CC2=O)c(=O)nc2sc(C3CCCCC3)nn12. The zero-order valence-corrected chi connectivity index (χ0v) is 16.3. The molecule has 0 radical (unpaired) electrons. The van der Waals surface area contributed by atoms with Crippen LogP contribution in [0.4, 0.5) is 5.82 Å². The minimum absolute atomic E-state index is 0.182. The van der Waals surface area contributed by atoms with E-state index in [1.54, 1.807) is 12.2 Å². The first-order chi connectivity index (χ1) is 12.5. The lowest BCUT2D eigenvalue weighted by Crippen LogP contribution is -2.17. The normalized spacial score (nSPS) is 20.1. The molecule has 1 fully saturated rings. The molecule has 134 valence electrons. The molecule has 0 spiro atoms. The molecule has 2 aromatic rings. The molecule has 2 aliphatic rings. The van der Waals surface area contributed by atoms with E-state index < -0.39 is 5.56 Å². The number of halogens is 1. The standard InChI is InChI=1S/C18H17BrN4O2S/c19-12-6-7-14(24)11(8-12)9-13-15(20)23-18(21-16(13)25)26-17(22-23)10-4-2-1-3-5-10/h6-10H,1-5,20H2. The maximum absolute atomic E-state index is 12.5. The lowest BCUT2D eigenvalue weighted by Gasteiger charge is -2.18. The summed E-state index contributed by atoms with van der Waals surface area (Å²) in [6, 6.07) is 0. The maximum atomic E-state index is 12.5. The lowest BCUT2D eigenvalue weighted by atomic mass is 9.90. The molecular weight excluding hydrogens is 416 g/mol. The van der Waals surface area contributed by atoms with Gasteiger partial charge >= 0.3 is 0 Å². The van der Waals surface area contributed by atoms with E-state index in [0.29, 0.717) is 16.5 Å². The fourth-order valence-corrected chi connectivity index (χ4v) is 4.78. The van der Waals surface area contributed by atoms with Crippen molar-refractivity contribution >= 4 is 49.9 Å². The molecule has 0 atom stereocenters. The van der Waals surface area contributed by atoms with E-state index >= 15 is 0 Å². The van der Waals surface area contributed by atoms with Crippen LogP contribution in [0.15, 0.2) is 33.1 Å². The smallest absolute Gasteiger partial charge is 0.283 e. The minimum atomic E-state index is -0.444. The Morgan fingerprint density at radius 3 is 2.77 bits per heavy atom. The number of allylic oxidation sites excluding steroid dienone is 5. The fraction of sp³-hybridized carbons (Fsp3) is 0.333. The molecule has 0 bridgehead atoms. The van der Waals surface area contributed by atoms with Crippen LogP contribution in [-0.4, -0.2) is 20.4 Å². The lowest BCUT2D eigenvalue weighted by molar-refractivity contribution is -0.111. The van der Waals surface area contributed by atoms with Crippen molar-refractivity contribution < 1.29 is 4.79 Å². The number of hydrogen-bond acceptors (Lipinski definition) is 6. The van der Waals surface area contributed by atoms with Crippen LogP contribution in [0.5, 0.6) is 0 Å². The number of ketones is 1. The summed E-state index contributed by atoms with van der Waals surface area (Å²) in [7, 11) is 0. The quantitative estimate of drug-likeness (QED) is 0.732. The number of rotatable bonds is 2. The molecule has 0 aliphatic heterocycles. The Balaban J connectivity index is 1.80. The van der Waals surface area contributed by atoms with E-state index in [9.17, 15) is 9.59 Å². The summed E-state index contributed by atoms with van der Waals surface area (Å²) in [4.78, 5) is 29.1. The molecule has 0 amide bonds. The summed E-state index contributed by atoms with van der Waals surface area (Å²) < 4.78 is 2.29. The van der Waals surface area contributed by atoms with Crippen molar-refractivity contribution in [2.24, 2.45) is 0 Å². The number of nitrogens with zero attached hydrogens (tertiary/aromatic N) is 3. The van der Waals surface area contributed by atoms with Crippen LogP contribution in [-0.2, 0) is 4.79 Å². The van der Waals surface area contributed by atoms with Gasteiger partial charge in [-0.2, -0.15) is 14.6 Å². The van der Waals surface area contributed by atoms with E-state index in [-0.39, 0.29) is 17.2 Å². The monoisotopic (exact) mass is 432 g/mol. The molecule has 2 aromatic heterocycles. The number of fused-ring (bicyclic) bond motifs is 1. The van der Waals surface area contributed by atoms with Gasteiger partial charge in [0.1, 0.15) is 10.8 Å². The molecule has 0 unspecified atom stereocenters. The predicted molar refractivity (Wildman–Crippen MR) is 107 cm³/mol. The second-order valence-electron chi connectivity index (χ2n) is 6.51. The summed E-state index contributed by atoms with van der Waals surface area (Å²) in [5.74, 6) is 0.451. The van der Waals surface area contributed by atoms with E-state index in [1.165, 1.54) is 47.3 Å². The van der Waals surface area contributed by atoms with Gasteiger partial charge in [-0.15, -0.1) is 0 Å². The van der Waals surface area contributed by atoms with Gasteiger partial charge < -0.3 is 5.73 Å². The Bertz CT molecular complexity index is 1040. The summed E-state index contributed by atoms with van der Waals surface area (Å²) in [5, 5.41) is 5.60. The molecule has 4 rings (SSSR count). The Morgan fingerprint density at radius 1 is 1.23 bits per heavy atom. The van der Waals surface area contributed by atoms with E-state index in [4.69, 9.17) is 5.73 Å². The molecule has 8 heteroatoms. The molecule has 1 saturated carbocycles. The molecule has 2 aliphatic carbocycles. The van der Waals surface area contributed by atoms with Gasteiger partial charge in [0.2, 0.25) is 4.96 Å². The topological polar surface area (TPSA) is 90.4 Å². The highest BCUT2D eigenvalue weighted by molar-refractivity contribution is 9.11. The highest BCUT2D eigenvalue weighted by Gasteiger charge is 2.22. The van der Waals surface area contributed by atoms with Crippen molar-refractivity contribution in [1.29, 1.82) is 0 Å². The fourth-order valence-electron chi connectivity index (χ4n) is 3.33. The number of hydrogen-bond donors (Lipinski definition) is 1. The number of carbonyl (C=O) groups excluding carboxylic acids is 1.